The fourth-order valence-corrected chi connectivity index (χ4v) is 1.68. The summed E-state index contributed by atoms with van der Waals surface area (Å²) in [5.74, 6) is -0.592. The van der Waals surface area contributed by atoms with Gasteiger partial charge in [0, 0.05) is 18.3 Å². The van der Waals surface area contributed by atoms with E-state index < -0.39 is 10.8 Å². The lowest BCUT2D eigenvalue weighted by molar-refractivity contribution is -0.384. The van der Waals surface area contributed by atoms with Gasteiger partial charge in [-0.05, 0) is 18.2 Å². The normalized spacial score (nSPS) is 10.1. The number of carbonyl (C=O) groups excluding carboxylic acids is 1. The van der Waals surface area contributed by atoms with Gasteiger partial charge in [0.1, 0.15) is 0 Å². The molecule has 1 aromatic carbocycles. The second-order valence-electron chi connectivity index (χ2n) is 3.82. The maximum Gasteiger partial charge on any atom is 0.276 e. The van der Waals surface area contributed by atoms with Crippen molar-refractivity contribution in [2.45, 2.75) is 0 Å². The van der Waals surface area contributed by atoms with Crippen molar-refractivity contribution in [3.63, 3.8) is 0 Å². The number of nitrogens with zero attached hydrogens (tertiary/aromatic N) is 2. The Bertz CT molecular complexity index is 690. The fourth-order valence-electron chi connectivity index (χ4n) is 1.51. The Hall–Kier alpha value is -2.67. The number of non-ortho nitro benzene ring substituents is 1. The van der Waals surface area contributed by atoms with Crippen LogP contribution in [0.15, 0.2) is 36.5 Å². The average Bonchev–Trinajstić information content (AvgIpc) is 2.41. The smallest absolute Gasteiger partial charge is 0.276 e. The van der Waals surface area contributed by atoms with Crippen molar-refractivity contribution in [2.24, 2.45) is 0 Å². The van der Waals surface area contributed by atoms with Crippen LogP contribution in [0.1, 0.15) is 10.5 Å². The van der Waals surface area contributed by atoms with E-state index >= 15 is 0 Å². The third-order valence-corrected chi connectivity index (χ3v) is 2.79. The molecule has 8 heteroatoms. The van der Waals surface area contributed by atoms with Crippen LogP contribution in [0.25, 0.3) is 0 Å². The lowest BCUT2D eigenvalue weighted by atomic mass is 10.2. The van der Waals surface area contributed by atoms with Gasteiger partial charge in [0.25, 0.3) is 11.6 Å². The van der Waals surface area contributed by atoms with E-state index in [0.29, 0.717) is 0 Å². The number of nitrogens with two attached hydrogens (primary N) is 1. The van der Waals surface area contributed by atoms with Crippen molar-refractivity contribution < 1.29 is 9.72 Å². The van der Waals surface area contributed by atoms with Crippen molar-refractivity contribution in [3.05, 3.63) is 57.4 Å². The summed E-state index contributed by atoms with van der Waals surface area (Å²) in [7, 11) is 0. The molecule has 0 saturated heterocycles. The van der Waals surface area contributed by atoms with Gasteiger partial charge in [0.05, 0.1) is 21.3 Å². The molecule has 0 aliphatic carbocycles. The Labute approximate surface area is 118 Å². The summed E-state index contributed by atoms with van der Waals surface area (Å²) in [6.45, 7) is 0. The second kappa shape index (κ2) is 5.54. The number of amides is 1. The van der Waals surface area contributed by atoms with E-state index in [1.807, 2.05) is 0 Å². The molecule has 0 atom stereocenters. The Morgan fingerprint density at radius 1 is 1.40 bits per heavy atom. The van der Waals surface area contributed by atoms with E-state index in [1.165, 1.54) is 30.5 Å². The number of nitrogen functional groups attached to an aromatic ring is 1. The minimum absolute atomic E-state index is 0.0232. The first kappa shape index (κ1) is 13.8. The van der Waals surface area contributed by atoms with Gasteiger partial charge in [-0.25, -0.2) is 4.98 Å². The third-order valence-electron chi connectivity index (χ3n) is 2.46. The van der Waals surface area contributed by atoms with E-state index in [9.17, 15) is 14.9 Å². The number of halogens is 1. The van der Waals surface area contributed by atoms with Gasteiger partial charge in [-0.1, -0.05) is 11.6 Å². The Morgan fingerprint density at radius 3 is 2.80 bits per heavy atom. The molecule has 0 bridgehead atoms. The molecule has 0 radical (unpaired) electrons. The lowest BCUT2D eigenvalue weighted by Crippen LogP contribution is -2.16. The van der Waals surface area contributed by atoms with Gasteiger partial charge in [0.2, 0.25) is 0 Å². The monoisotopic (exact) mass is 292 g/mol. The molecule has 2 rings (SSSR count). The topological polar surface area (TPSA) is 111 Å². The average molecular weight is 293 g/mol. The van der Waals surface area contributed by atoms with Crippen LogP contribution in [0, 0.1) is 10.1 Å². The van der Waals surface area contributed by atoms with Crippen molar-refractivity contribution >= 4 is 34.6 Å². The predicted octanol–water partition coefficient (Wildman–Crippen LogP) is 2.48. The van der Waals surface area contributed by atoms with Gasteiger partial charge in [-0.3, -0.25) is 14.9 Å². The molecule has 102 valence electrons. The maximum absolute atomic E-state index is 12.0. The first-order valence-electron chi connectivity index (χ1n) is 5.45. The molecule has 1 aromatic heterocycles. The number of anilines is 2. The van der Waals surface area contributed by atoms with Crippen LogP contribution < -0.4 is 11.1 Å². The third kappa shape index (κ3) is 2.83. The van der Waals surface area contributed by atoms with Crippen LogP contribution in [-0.2, 0) is 0 Å². The molecule has 0 aliphatic rings. The molecule has 3 N–H and O–H groups in total. The van der Waals surface area contributed by atoms with Crippen molar-refractivity contribution in [2.75, 3.05) is 11.1 Å². The standard InChI is InChI=1S/C12H9ClN4O3/c13-8-4-3-7(17(19)20)6-10(8)16-12(18)11-9(14)2-1-5-15-11/h1-6H,14H2,(H,16,18). The van der Waals surface area contributed by atoms with Crippen LogP contribution in [-0.4, -0.2) is 15.8 Å². The first-order valence-corrected chi connectivity index (χ1v) is 5.82. The van der Waals surface area contributed by atoms with Crippen LogP contribution in [0.4, 0.5) is 17.1 Å². The van der Waals surface area contributed by atoms with Crippen LogP contribution in [0.5, 0.6) is 0 Å². The number of nitro groups is 1. The second-order valence-corrected chi connectivity index (χ2v) is 4.22. The molecule has 2 aromatic rings. The molecular weight excluding hydrogens is 284 g/mol. The van der Waals surface area contributed by atoms with E-state index in [-0.39, 0.29) is 27.8 Å². The van der Waals surface area contributed by atoms with Crippen LogP contribution >= 0.6 is 11.6 Å². The summed E-state index contributed by atoms with van der Waals surface area (Å²) < 4.78 is 0. The zero-order valence-electron chi connectivity index (χ0n) is 10.0. The highest BCUT2D eigenvalue weighted by molar-refractivity contribution is 6.34. The molecule has 20 heavy (non-hydrogen) atoms. The Kier molecular flexibility index (Phi) is 3.81. The van der Waals surface area contributed by atoms with E-state index in [1.54, 1.807) is 6.07 Å². The Balaban J connectivity index is 2.30. The zero-order valence-corrected chi connectivity index (χ0v) is 10.8. The van der Waals surface area contributed by atoms with E-state index in [0.717, 1.165) is 0 Å². The van der Waals surface area contributed by atoms with Gasteiger partial charge in [0.15, 0.2) is 5.69 Å². The van der Waals surface area contributed by atoms with Crippen LogP contribution in [0.2, 0.25) is 5.02 Å². The minimum atomic E-state index is -0.592. The number of carbonyl (C=O) groups is 1. The lowest BCUT2D eigenvalue weighted by Gasteiger charge is -2.07. The summed E-state index contributed by atoms with van der Waals surface area (Å²) in [6, 6.07) is 6.85. The predicted molar refractivity (Wildman–Crippen MR) is 74.7 cm³/mol. The van der Waals surface area contributed by atoms with Gasteiger partial charge >= 0.3 is 0 Å². The maximum atomic E-state index is 12.0. The van der Waals surface area contributed by atoms with Crippen molar-refractivity contribution in [1.29, 1.82) is 0 Å². The molecule has 0 unspecified atom stereocenters. The van der Waals surface area contributed by atoms with E-state index in [4.69, 9.17) is 17.3 Å². The number of nitrogens with one attached hydrogen (secondary N) is 1. The molecule has 1 amide bonds. The van der Waals surface area contributed by atoms with Crippen molar-refractivity contribution in [3.8, 4) is 0 Å². The Morgan fingerprint density at radius 2 is 2.15 bits per heavy atom. The summed E-state index contributed by atoms with van der Waals surface area (Å²) in [5.41, 5.74) is 5.79. The van der Waals surface area contributed by atoms with Gasteiger partial charge < -0.3 is 11.1 Å². The van der Waals surface area contributed by atoms with Crippen molar-refractivity contribution in [1.82, 2.24) is 4.98 Å². The zero-order chi connectivity index (χ0) is 14.7. The molecule has 1 heterocycles. The van der Waals surface area contributed by atoms with E-state index in [2.05, 4.69) is 10.3 Å². The molecular formula is C12H9ClN4O3. The number of rotatable bonds is 3. The number of pyridine rings is 1. The van der Waals surface area contributed by atoms with Crippen LogP contribution in [0.3, 0.4) is 0 Å². The largest absolute Gasteiger partial charge is 0.397 e. The van der Waals surface area contributed by atoms with Gasteiger partial charge in [-0.2, -0.15) is 0 Å². The summed E-state index contributed by atoms with van der Waals surface area (Å²) in [4.78, 5) is 25.9. The number of aromatic nitrogens is 1. The highest BCUT2D eigenvalue weighted by atomic mass is 35.5. The number of hydrogen-bond donors (Lipinski definition) is 2. The fraction of sp³-hybridized carbons (Fsp3) is 0. The highest BCUT2D eigenvalue weighted by Crippen LogP contribution is 2.27. The molecule has 0 spiro atoms. The quantitative estimate of drug-likeness (QED) is 0.667. The summed E-state index contributed by atoms with van der Waals surface area (Å²) in [5, 5.41) is 13.3. The molecule has 7 nitrogen and oxygen atoms in total. The number of benzene rings is 1. The SMILES string of the molecule is Nc1cccnc1C(=O)Nc1cc([N+](=O)[O-])ccc1Cl. The summed E-state index contributed by atoms with van der Waals surface area (Å²) >= 11 is 5.88. The number of hydrogen-bond acceptors (Lipinski definition) is 5. The minimum Gasteiger partial charge on any atom is -0.397 e. The highest BCUT2D eigenvalue weighted by Gasteiger charge is 2.15. The number of nitro benzene ring substituents is 1. The molecule has 0 saturated carbocycles. The first-order chi connectivity index (χ1) is 9.49. The van der Waals surface area contributed by atoms with Gasteiger partial charge in [-0.15, -0.1) is 0 Å². The molecule has 0 aliphatic heterocycles. The summed E-state index contributed by atoms with van der Waals surface area (Å²) in [6.07, 6.45) is 1.42. The molecule has 0 fully saturated rings.